The summed E-state index contributed by atoms with van der Waals surface area (Å²) in [5.41, 5.74) is 1.28. The predicted octanol–water partition coefficient (Wildman–Crippen LogP) is 3.20. The van der Waals surface area contributed by atoms with Gasteiger partial charge in [-0.15, -0.1) is 0 Å². The first-order valence-corrected chi connectivity index (χ1v) is 7.81. The molecule has 0 radical (unpaired) electrons. The summed E-state index contributed by atoms with van der Waals surface area (Å²) in [6, 6.07) is 1.53. The van der Waals surface area contributed by atoms with Crippen LogP contribution in [-0.4, -0.2) is 36.6 Å². The molecule has 2 rings (SSSR count). The van der Waals surface area contributed by atoms with Crippen molar-refractivity contribution in [2.24, 2.45) is 5.92 Å². The number of rotatable bonds is 5. The van der Waals surface area contributed by atoms with Crippen LogP contribution < -0.4 is 5.32 Å². The van der Waals surface area contributed by atoms with Crippen LogP contribution in [0.25, 0.3) is 0 Å². The molecule has 0 aromatic carbocycles. The zero-order chi connectivity index (χ0) is 13.0. The zero-order valence-electron chi connectivity index (χ0n) is 12.3. The quantitative estimate of drug-likeness (QED) is 0.754. The molecule has 1 saturated carbocycles. The topological polar surface area (TPSA) is 15.3 Å². The van der Waals surface area contributed by atoms with Crippen molar-refractivity contribution < 1.29 is 0 Å². The van der Waals surface area contributed by atoms with Gasteiger partial charge in [0.05, 0.1) is 0 Å². The number of hydrogen-bond acceptors (Lipinski definition) is 2. The molecule has 104 valence electrons. The van der Waals surface area contributed by atoms with Gasteiger partial charge in [0.2, 0.25) is 0 Å². The molecule has 1 aliphatic carbocycles. The highest BCUT2D eigenvalue weighted by atomic mass is 15.2. The van der Waals surface area contributed by atoms with Crippen molar-refractivity contribution in [1.82, 2.24) is 10.2 Å². The molecule has 0 aromatic rings. The molecule has 1 N–H and O–H groups in total. The lowest BCUT2D eigenvalue weighted by Crippen LogP contribution is -2.53. The summed E-state index contributed by atoms with van der Waals surface area (Å²) < 4.78 is 0. The summed E-state index contributed by atoms with van der Waals surface area (Å²) in [4.78, 5) is 2.53. The van der Waals surface area contributed by atoms with Gasteiger partial charge in [-0.2, -0.15) is 0 Å². The second-order valence-electron chi connectivity index (χ2n) is 6.38. The molecule has 18 heavy (non-hydrogen) atoms. The number of nitrogens with zero attached hydrogens (tertiary/aromatic N) is 1. The van der Waals surface area contributed by atoms with Crippen molar-refractivity contribution in [2.75, 3.05) is 19.6 Å². The SMILES string of the molecule is C=C(C)CN(CC)CC1CCC2CCCCC2N1. The van der Waals surface area contributed by atoms with Crippen LogP contribution in [0.3, 0.4) is 0 Å². The van der Waals surface area contributed by atoms with Crippen LogP contribution in [-0.2, 0) is 0 Å². The molecule has 1 aliphatic heterocycles. The summed E-state index contributed by atoms with van der Waals surface area (Å²) in [6.07, 6.45) is 8.59. The van der Waals surface area contributed by atoms with Crippen LogP contribution in [0.2, 0.25) is 0 Å². The maximum Gasteiger partial charge on any atom is 0.0197 e. The highest BCUT2D eigenvalue weighted by molar-refractivity contribution is 4.94. The molecule has 2 fully saturated rings. The Hall–Kier alpha value is -0.340. The van der Waals surface area contributed by atoms with Crippen molar-refractivity contribution in [3.05, 3.63) is 12.2 Å². The molecule has 0 aromatic heterocycles. The lowest BCUT2D eigenvalue weighted by Gasteiger charge is -2.42. The average molecular weight is 250 g/mol. The van der Waals surface area contributed by atoms with Crippen LogP contribution >= 0.6 is 0 Å². The molecule has 3 unspecified atom stereocenters. The first kappa shape index (κ1) is 14.1. The number of likely N-dealkylation sites (N-methyl/N-ethyl adjacent to an activating group) is 1. The van der Waals surface area contributed by atoms with E-state index in [0.717, 1.165) is 25.0 Å². The molecule has 3 atom stereocenters. The molecular formula is C16H30N2. The van der Waals surface area contributed by atoms with Crippen molar-refractivity contribution in [2.45, 2.75) is 64.5 Å². The summed E-state index contributed by atoms with van der Waals surface area (Å²) in [7, 11) is 0. The average Bonchev–Trinajstić information content (AvgIpc) is 2.37. The molecule has 1 saturated heterocycles. The summed E-state index contributed by atoms with van der Waals surface area (Å²) >= 11 is 0. The van der Waals surface area contributed by atoms with E-state index in [9.17, 15) is 0 Å². The van der Waals surface area contributed by atoms with Crippen molar-refractivity contribution >= 4 is 0 Å². The first-order chi connectivity index (χ1) is 8.69. The Balaban J connectivity index is 1.81. The Bertz CT molecular complexity index is 274. The number of hydrogen-bond donors (Lipinski definition) is 1. The van der Waals surface area contributed by atoms with Crippen molar-refractivity contribution in [1.29, 1.82) is 0 Å². The number of piperidine rings is 1. The van der Waals surface area contributed by atoms with E-state index in [1.54, 1.807) is 0 Å². The molecule has 0 bridgehead atoms. The Kier molecular flexibility index (Phi) is 5.25. The smallest absolute Gasteiger partial charge is 0.0197 e. The van der Waals surface area contributed by atoms with Gasteiger partial charge in [0.25, 0.3) is 0 Å². The Morgan fingerprint density at radius 2 is 2.00 bits per heavy atom. The highest BCUT2D eigenvalue weighted by Crippen LogP contribution is 2.32. The molecule has 1 heterocycles. The van der Waals surface area contributed by atoms with Crippen molar-refractivity contribution in [3.8, 4) is 0 Å². The van der Waals surface area contributed by atoms with Crippen LogP contribution in [0.15, 0.2) is 12.2 Å². The van der Waals surface area contributed by atoms with Gasteiger partial charge in [-0.1, -0.05) is 31.9 Å². The monoisotopic (exact) mass is 250 g/mol. The van der Waals surface area contributed by atoms with Gasteiger partial charge in [-0.25, -0.2) is 0 Å². The normalized spacial score (nSPS) is 32.3. The summed E-state index contributed by atoms with van der Waals surface area (Å²) in [5, 5.41) is 3.92. The fourth-order valence-electron chi connectivity index (χ4n) is 3.72. The standard InChI is InChI=1S/C16H30N2/c1-4-18(11-13(2)3)12-15-10-9-14-7-5-6-8-16(14)17-15/h14-17H,2,4-12H2,1,3H3. The second-order valence-corrected chi connectivity index (χ2v) is 6.38. The van der Waals surface area contributed by atoms with E-state index in [0.29, 0.717) is 6.04 Å². The predicted molar refractivity (Wildman–Crippen MR) is 78.8 cm³/mol. The maximum atomic E-state index is 4.04. The molecule has 0 amide bonds. The largest absolute Gasteiger partial charge is 0.310 e. The molecule has 2 heteroatoms. The van der Waals surface area contributed by atoms with Gasteiger partial charge in [-0.05, 0) is 45.1 Å². The summed E-state index contributed by atoms with van der Waals surface area (Å²) in [6.45, 7) is 11.8. The van der Waals surface area contributed by atoms with E-state index in [1.807, 2.05) is 0 Å². The minimum atomic E-state index is 0.712. The minimum Gasteiger partial charge on any atom is -0.310 e. The van der Waals surface area contributed by atoms with E-state index in [-0.39, 0.29) is 0 Å². The second kappa shape index (κ2) is 6.72. The lowest BCUT2D eigenvalue weighted by molar-refractivity contribution is 0.149. The number of fused-ring (bicyclic) bond motifs is 1. The highest BCUT2D eigenvalue weighted by Gasteiger charge is 2.31. The number of nitrogens with one attached hydrogen (secondary N) is 1. The van der Waals surface area contributed by atoms with Crippen LogP contribution in [0.1, 0.15) is 52.4 Å². The molecule has 2 aliphatic rings. The third kappa shape index (κ3) is 3.83. The fourth-order valence-corrected chi connectivity index (χ4v) is 3.72. The van der Waals surface area contributed by atoms with Gasteiger partial charge in [0, 0.05) is 25.2 Å². The van der Waals surface area contributed by atoms with Gasteiger partial charge in [0.1, 0.15) is 0 Å². The van der Waals surface area contributed by atoms with Gasteiger partial charge >= 0.3 is 0 Å². The molecular weight excluding hydrogens is 220 g/mol. The summed E-state index contributed by atoms with van der Waals surface area (Å²) in [5.74, 6) is 0.978. The van der Waals surface area contributed by atoms with Gasteiger partial charge in [-0.3, -0.25) is 4.90 Å². The van der Waals surface area contributed by atoms with E-state index >= 15 is 0 Å². The molecule has 0 spiro atoms. The Morgan fingerprint density at radius 1 is 1.22 bits per heavy atom. The lowest BCUT2D eigenvalue weighted by atomic mass is 9.77. The van der Waals surface area contributed by atoms with Gasteiger partial charge < -0.3 is 5.32 Å². The van der Waals surface area contributed by atoms with Crippen molar-refractivity contribution in [3.63, 3.8) is 0 Å². The first-order valence-electron chi connectivity index (χ1n) is 7.81. The van der Waals surface area contributed by atoms with Crippen LogP contribution in [0, 0.1) is 5.92 Å². The van der Waals surface area contributed by atoms with Crippen LogP contribution in [0.4, 0.5) is 0 Å². The van der Waals surface area contributed by atoms with E-state index in [4.69, 9.17) is 0 Å². The zero-order valence-corrected chi connectivity index (χ0v) is 12.3. The minimum absolute atomic E-state index is 0.712. The van der Waals surface area contributed by atoms with E-state index < -0.39 is 0 Å². The Morgan fingerprint density at radius 3 is 2.72 bits per heavy atom. The molecule has 2 nitrogen and oxygen atoms in total. The third-order valence-corrected chi connectivity index (χ3v) is 4.66. The van der Waals surface area contributed by atoms with Crippen LogP contribution in [0.5, 0.6) is 0 Å². The van der Waals surface area contributed by atoms with E-state index in [1.165, 1.54) is 50.6 Å². The fraction of sp³-hybridized carbons (Fsp3) is 0.875. The third-order valence-electron chi connectivity index (χ3n) is 4.66. The maximum absolute atomic E-state index is 4.04. The van der Waals surface area contributed by atoms with Gasteiger partial charge in [0.15, 0.2) is 0 Å². The van der Waals surface area contributed by atoms with E-state index in [2.05, 4.69) is 30.6 Å². The Labute approximate surface area is 113 Å².